The van der Waals surface area contributed by atoms with Crippen molar-refractivity contribution in [3.05, 3.63) is 12.2 Å². The van der Waals surface area contributed by atoms with E-state index in [4.69, 9.17) is 5.73 Å². The number of carbonyl (C=O) groups is 1. The molecule has 0 aliphatic carbocycles. The molecule has 0 aliphatic rings. The van der Waals surface area contributed by atoms with Crippen LogP contribution in [0.15, 0.2) is 12.2 Å². The summed E-state index contributed by atoms with van der Waals surface area (Å²) in [5.74, 6) is -0.382. The number of hydrogen-bond acceptors (Lipinski definition) is 2. The predicted octanol–water partition coefficient (Wildman–Crippen LogP) is 1.59. The lowest BCUT2D eigenvalue weighted by Gasteiger charge is -2.14. The molecule has 0 atom stereocenters. The van der Waals surface area contributed by atoms with Gasteiger partial charge in [0.05, 0.1) is 0 Å². The molecule has 0 aliphatic heterocycles. The Morgan fingerprint density at radius 2 is 2.00 bits per heavy atom. The number of hydrogen-bond donors (Lipinski definition) is 2. The molecule has 0 radical (unpaired) electrons. The Labute approximate surface area is 86.8 Å². The quantitative estimate of drug-likeness (QED) is 0.459. The minimum absolute atomic E-state index is 0.382. The Balaban J connectivity index is 3.46. The lowest BCUT2D eigenvalue weighted by atomic mass is 10.1. The first-order valence-corrected chi connectivity index (χ1v) is 5.32. The van der Waals surface area contributed by atoms with Crippen LogP contribution in [0.25, 0.3) is 0 Å². The van der Waals surface area contributed by atoms with Gasteiger partial charge in [-0.1, -0.05) is 20.4 Å². The van der Waals surface area contributed by atoms with E-state index in [9.17, 15) is 4.79 Å². The van der Waals surface area contributed by atoms with E-state index in [1.807, 2.05) is 0 Å². The smallest absolute Gasteiger partial charge is 0.244 e. The van der Waals surface area contributed by atoms with Crippen molar-refractivity contribution in [2.45, 2.75) is 45.6 Å². The molecule has 0 fully saturated rings. The molecule has 3 heteroatoms. The molecule has 3 nitrogen and oxygen atoms in total. The minimum atomic E-state index is -0.382. The zero-order valence-electron chi connectivity index (χ0n) is 9.31. The van der Waals surface area contributed by atoms with E-state index in [1.54, 1.807) is 0 Å². The average molecular weight is 198 g/mol. The first-order valence-electron chi connectivity index (χ1n) is 5.32. The van der Waals surface area contributed by atoms with E-state index in [0.29, 0.717) is 18.0 Å². The number of rotatable bonds is 8. The molecule has 0 spiro atoms. The lowest BCUT2D eigenvalue weighted by Crippen LogP contribution is -2.28. The van der Waals surface area contributed by atoms with Gasteiger partial charge in [0.15, 0.2) is 0 Å². The number of nitrogens with one attached hydrogen (secondary N) is 1. The second-order valence-corrected chi connectivity index (χ2v) is 3.54. The van der Waals surface area contributed by atoms with Gasteiger partial charge in [-0.15, -0.1) is 0 Å². The summed E-state index contributed by atoms with van der Waals surface area (Å²) in [5, 5.41) is 3.42. The highest BCUT2D eigenvalue weighted by Crippen LogP contribution is 2.01. The highest BCUT2D eigenvalue weighted by atomic mass is 16.1. The second-order valence-electron chi connectivity index (χ2n) is 3.54. The molecule has 3 N–H and O–H groups in total. The van der Waals surface area contributed by atoms with Crippen LogP contribution >= 0.6 is 0 Å². The topological polar surface area (TPSA) is 55.1 Å². The van der Waals surface area contributed by atoms with E-state index >= 15 is 0 Å². The van der Waals surface area contributed by atoms with Crippen molar-refractivity contribution in [3.63, 3.8) is 0 Å². The van der Waals surface area contributed by atoms with E-state index in [1.165, 1.54) is 0 Å². The molecular formula is C11H22N2O. The molecule has 82 valence electrons. The van der Waals surface area contributed by atoms with Crippen LogP contribution in [0.4, 0.5) is 0 Å². The third-order valence-corrected chi connectivity index (χ3v) is 2.42. The van der Waals surface area contributed by atoms with E-state index < -0.39 is 0 Å². The van der Waals surface area contributed by atoms with Crippen molar-refractivity contribution < 1.29 is 4.79 Å². The molecule has 0 saturated heterocycles. The SMILES string of the molecule is C=C(CCCNC(CC)CC)C(N)=O. The van der Waals surface area contributed by atoms with Crippen LogP contribution in [0.1, 0.15) is 39.5 Å². The van der Waals surface area contributed by atoms with Crippen molar-refractivity contribution in [1.29, 1.82) is 0 Å². The van der Waals surface area contributed by atoms with Gasteiger partial charge in [0.25, 0.3) is 0 Å². The number of nitrogens with two attached hydrogens (primary N) is 1. The largest absolute Gasteiger partial charge is 0.366 e. The molecule has 0 heterocycles. The highest BCUT2D eigenvalue weighted by Gasteiger charge is 2.03. The zero-order chi connectivity index (χ0) is 11.0. The number of carbonyl (C=O) groups excluding carboxylic acids is 1. The highest BCUT2D eigenvalue weighted by molar-refractivity contribution is 5.91. The second kappa shape index (κ2) is 7.56. The van der Waals surface area contributed by atoms with Crippen LogP contribution in [0.2, 0.25) is 0 Å². The summed E-state index contributed by atoms with van der Waals surface area (Å²) in [5.41, 5.74) is 5.60. The first kappa shape index (κ1) is 13.2. The fourth-order valence-corrected chi connectivity index (χ4v) is 1.31. The van der Waals surface area contributed by atoms with Gasteiger partial charge in [-0.05, 0) is 32.2 Å². The number of primary amides is 1. The summed E-state index contributed by atoms with van der Waals surface area (Å²) >= 11 is 0. The third kappa shape index (κ3) is 5.75. The molecule has 0 aromatic heterocycles. The Hall–Kier alpha value is -0.830. The van der Waals surface area contributed by atoms with Gasteiger partial charge >= 0.3 is 0 Å². The monoisotopic (exact) mass is 198 g/mol. The first-order chi connectivity index (χ1) is 6.61. The molecule has 14 heavy (non-hydrogen) atoms. The maximum atomic E-state index is 10.6. The van der Waals surface area contributed by atoms with Gasteiger partial charge < -0.3 is 11.1 Å². The Bertz CT molecular complexity index is 186. The third-order valence-electron chi connectivity index (χ3n) is 2.42. The molecule has 0 aromatic carbocycles. The standard InChI is InChI=1S/C11H22N2O/c1-4-10(5-2)13-8-6-7-9(3)11(12)14/h10,13H,3-8H2,1-2H3,(H2,12,14). The van der Waals surface area contributed by atoms with Crippen molar-refractivity contribution in [1.82, 2.24) is 5.32 Å². The molecule has 0 bridgehead atoms. The van der Waals surface area contributed by atoms with Gasteiger partial charge in [0.2, 0.25) is 5.91 Å². The summed E-state index contributed by atoms with van der Waals surface area (Å²) in [6.45, 7) is 8.88. The van der Waals surface area contributed by atoms with Crippen LogP contribution in [-0.4, -0.2) is 18.5 Å². The van der Waals surface area contributed by atoms with Crippen LogP contribution in [0, 0.1) is 0 Å². The lowest BCUT2D eigenvalue weighted by molar-refractivity contribution is -0.114. The Morgan fingerprint density at radius 1 is 1.43 bits per heavy atom. The van der Waals surface area contributed by atoms with E-state index in [0.717, 1.165) is 25.8 Å². The molecular weight excluding hydrogens is 176 g/mol. The summed E-state index contributed by atoms with van der Waals surface area (Å²) in [7, 11) is 0. The van der Waals surface area contributed by atoms with Gasteiger partial charge in [0.1, 0.15) is 0 Å². The molecule has 0 aromatic rings. The molecule has 0 unspecified atom stereocenters. The fraction of sp³-hybridized carbons (Fsp3) is 0.727. The zero-order valence-corrected chi connectivity index (χ0v) is 9.31. The maximum Gasteiger partial charge on any atom is 0.244 e. The molecule has 0 saturated carbocycles. The summed E-state index contributed by atoms with van der Waals surface area (Å²) < 4.78 is 0. The number of amides is 1. The van der Waals surface area contributed by atoms with Crippen molar-refractivity contribution >= 4 is 5.91 Å². The van der Waals surface area contributed by atoms with Crippen molar-refractivity contribution in [2.75, 3.05) is 6.54 Å². The van der Waals surface area contributed by atoms with Gasteiger partial charge in [-0.3, -0.25) is 4.79 Å². The van der Waals surface area contributed by atoms with E-state index in [2.05, 4.69) is 25.7 Å². The molecule has 0 rings (SSSR count). The van der Waals surface area contributed by atoms with Crippen LogP contribution in [0.5, 0.6) is 0 Å². The normalized spacial score (nSPS) is 10.5. The van der Waals surface area contributed by atoms with Gasteiger partial charge in [0, 0.05) is 11.6 Å². The van der Waals surface area contributed by atoms with Crippen molar-refractivity contribution in [3.8, 4) is 0 Å². The van der Waals surface area contributed by atoms with Crippen LogP contribution < -0.4 is 11.1 Å². The summed E-state index contributed by atoms with van der Waals surface area (Å²) in [4.78, 5) is 10.6. The summed E-state index contributed by atoms with van der Waals surface area (Å²) in [6.07, 6.45) is 3.92. The Morgan fingerprint density at radius 3 is 2.43 bits per heavy atom. The minimum Gasteiger partial charge on any atom is -0.366 e. The van der Waals surface area contributed by atoms with Crippen LogP contribution in [-0.2, 0) is 4.79 Å². The van der Waals surface area contributed by atoms with E-state index in [-0.39, 0.29) is 5.91 Å². The van der Waals surface area contributed by atoms with Gasteiger partial charge in [-0.2, -0.15) is 0 Å². The van der Waals surface area contributed by atoms with Gasteiger partial charge in [-0.25, -0.2) is 0 Å². The summed E-state index contributed by atoms with van der Waals surface area (Å²) in [6, 6.07) is 0.594. The predicted molar refractivity (Wildman–Crippen MR) is 59.9 cm³/mol. The molecule has 1 amide bonds. The van der Waals surface area contributed by atoms with Crippen LogP contribution in [0.3, 0.4) is 0 Å². The Kier molecular flexibility index (Phi) is 7.11. The van der Waals surface area contributed by atoms with Crippen molar-refractivity contribution in [2.24, 2.45) is 5.73 Å². The maximum absolute atomic E-state index is 10.6. The average Bonchev–Trinajstić information content (AvgIpc) is 2.17. The fourth-order valence-electron chi connectivity index (χ4n) is 1.31.